The van der Waals surface area contributed by atoms with Gasteiger partial charge in [0.2, 0.25) is 0 Å². The smallest absolute Gasteiger partial charge is 0.145 e. The van der Waals surface area contributed by atoms with Gasteiger partial charge >= 0.3 is 0 Å². The van der Waals surface area contributed by atoms with Crippen molar-refractivity contribution in [1.29, 1.82) is 0 Å². The van der Waals surface area contributed by atoms with Crippen LogP contribution in [0.4, 0.5) is 5.82 Å². The third kappa shape index (κ3) is 2.74. The van der Waals surface area contributed by atoms with Crippen molar-refractivity contribution in [2.24, 2.45) is 5.73 Å². The van der Waals surface area contributed by atoms with Crippen molar-refractivity contribution >= 4 is 29.0 Å². The molecule has 1 aromatic rings. The summed E-state index contributed by atoms with van der Waals surface area (Å²) < 4.78 is 0. The average molecular weight is 246 g/mol. The van der Waals surface area contributed by atoms with Gasteiger partial charge in [-0.05, 0) is 25.3 Å². The highest BCUT2D eigenvalue weighted by Crippen LogP contribution is 2.26. The van der Waals surface area contributed by atoms with E-state index < -0.39 is 0 Å². The molecule has 2 rings (SSSR count). The molecule has 1 aliphatic rings. The topological polar surface area (TPSA) is 50.9 Å². The number of hydrogen-bond donors (Lipinski definition) is 2. The minimum atomic E-state index is 0.300. The van der Waals surface area contributed by atoms with Crippen molar-refractivity contribution < 1.29 is 0 Å². The van der Waals surface area contributed by atoms with E-state index in [-0.39, 0.29) is 0 Å². The number of hydrogen-bond acceptors (Lipinski definition) is 3. The van der Waals surface area contributed by atoms with Crippen LogP contribution in [0, 0.1) is 0 Å². The maximum atomic E-state index is 6.00. The number of nitrogens with two attached hydrogens (primary N) is 1. The van der Waals surface area contributed by atoms with Crippen molar-refractivity contribution in [3.8, 4) is 0 Å². The lowest BCUT2D eigenvalue weighted by Crippen LogP contribution is -2.21. The van der Waals surface area contributed by atoms with Gasteiger partial charge in [0.15, 0.2) is 0 Å². The number of pyridine rings is 1. The van der Waals surface area contributed by atoms with Crippen LogP contribution in [0.15, 0.2) is 12.3 Å². The van der Waals surface area contributed by atoms with E-state index in [2.05, 4.69) is 10.3 Å². The molecule has 1 heterocycles. The molecule has 5 heteroatoms. The van der Waals surface area contributed by atoms with Crippen molar-refractivity contribution in [3.63, 3.8) is 0 Å². The Balaban J connectivity index is 2.04. The molecule has 2 atom stereocenters. The van der Waals surface area contributed by atoms with Crippen molar-refractivity contribution in [3.05, 3.63) is 22.3 Å². The molecule has 1 fully saturated rings. The largest absolute Gasteiger partial charge is 0.366 e. The number of halogens is 2. The summed E-state index contributed by atoms with van der Waals surface area (Å²) in [4.78, 5) is 4.15. The van der Waals surface area contributed by atoms with Crippen molar-refractivity contribution in [2.45, 2.75) is 31.3 Å². The van der Waals surface area contributed by atoms with Gasteiger partial charge in [0.1, 0.15) is 5.82 Å². The van der Waals surface area contributed by atoms with E-state index in [9.17, 15) is 0 Å². The van der Waals surface area contributed by atoms with Gasteiger partial charge in [0.05, 0.1) is 10.0 Å². The lowest BCUT2D eigenvalue weighted by molar-refractivity contribution is 0.686. The van der Waals surface area contributed by atoms with Crippen molar-refractivity contribution in [2.75, 3.05) is 5.32 Å². The van der Waals surface area contributed by atoms with Gasteiger partial charge in [-0.25, -0.2) is 4.98 Å². The summed E-state index contributed by atoms with van der Waals surface area (Å²) in [5.74, 6) is 0.695. The fraction of sp³-hybridized carbons (Fsp3) is 0.500. The SMILES string of the molecule is N[C@H]1CC[C@H](Nc2ncc(Cl)cc2Cl)C1. The van der Waals surface area contributed by atoms with E-state index in [1.807, 2.05) is 0 Å². The standard InChI is InChI=1S/C10H13Cl2N3/c11-6-3-9(12)10(14-5-6)15-8-2-1-7(13)4-8/h3,5,7-8H,1-2,4,13H2,(H,14,15)/t7-,8-/m0/s1. The summed E-state index contributed by atoms with van der Waals surface area (Å²) in [7, 11) is 0. The molecule has 0 radical (unpaired) electrons. The first-order chi connectivity index (χ1) is 7.15. The Morgan fingerprint density at radius 2 is 2.20 bits per heavy atom. The summed E-state index contributed by atoms with van der Waals surface area (Å²) in [6, 6.07) is 2.37. The monoisotopic (exact) mass is 245 g/mol. The van der Waals surface area contributed by atoms with Gasteiger partial charge in [0.25, 0.3) is 0 Å². The molecular weight excluding hydrogens is 233 g/mol. The average Bonchev–Trinajstić information content (AvgIpc) is 2.56. The summed E-state index contributed by atoms with van der Waals surface area (Å²) in [6.45, 7) is 0. The van der Waals surface area contributed by atoms with Crippen LogP contribution in [-0.4, -0.2) is 17.1 Å². The quantitative estimate of drug-likeness (QED) is 0.843. The summed E-state index contributed by atoms with van der Waals surface area (Å²) in [6.07, 6.45) is 4.69. The van der Waals surface area contributed by atoms with Crippen LogP contribution in [0.3, 0.4) is 0 Å². The van der Waals surface area contributed by atoms with Gasteiger partial charge in [-0.2, -0.15) is 0 Å². The first-order valence-electron chi connectivity index (χ1n) is 4.98. The minimum Gasteiger partial charge on any atom is -0.366 e. The summed E-state index contributed by atoms with van der Waals surface area (Å²) >= 11 is 11.8. The van der Waals surface area contributed by atoms with Crippen LogP contribution in [0.2, 0.25) is 10.0 Å². The van der Waals surface area contributed by atoms with E-state index in [0.29, 0.717) is 27.9 Å². The zero-order chi connectivity index (χ0) is 10.8. The van der Waals surface area contributed by atoms with Crippen LogP contribution >= 0.6 is 23.2 Å². The van der Waals surface area contributed by atoms with E-state index >= 15 is 0 Å². The molecule has 3 N–H and O–H groups in total. The van der Waals surface area contributed by atoms with Crippen molar-refractivity contribution in [1.82, 2.24) is 4.98 Å². The second kappa shape index (κ2) is 4.56. The van der Waals surface area contributed by atoms with Crippen LogP contribution in [-0.2, 0) is 0 Å². The fourth-order valence-electron chi connectivity index (χ4n) is 1.86. The first-order valence-corrected chi connectivity index (χ1v) is 5.74. The summed E-state index contributed by atoms with van der Waals surface area (Å²) in [5.41, 5.74) is 5.83. The highest BCUT2D eigenvalue weighted by atomic mass is 35.5. The molecule has 0 spiro atoms. The Morgan fingerprint density at radius 3 is 2.80 bits per heavy atom. The minimum absolute atomic E-state index is 0.300. The highest BCUT2D eigenvalue weighted by Gasteiger charge is 2.22. The number of nitrogens with one attached hydrogen (secondary N) is 1. The molecule has 1 saturated carbocycles. The lowest BCUT2D eigenvalue weighted by atomic mass is 10.2. The second-order valence-electron chi connectivity index (χ2n) is 3.90. The zero-order valence-electron chi connectivity index (χ0n) is 8.21. The van der Waals surface area contributed by atoms with E-state index in [4.69, 9.17) is 28.9 Å². The maximum Gasteiger partial charge on any atom is 0.145 e. The molecule has 3 nitrogen and oxygen atoms in total. The molecule has 0 amide bonds. The number of aromatic nitrogens is 1. The Hall–Kier alpha value is -0.510. The van der Waals surface area contributed by atoms with E-state index in [1.165, 1.54) is 0 Å². The molecular formula is C10H13Cl2N3. The van der Waals surface area contributed by atoms with Gasteiger partial charge in [-0.15, -0.1) is 0 Å². The van der Waals surface area contributed by atoms with Crippen LogP contribution < -0.4 is 11.1 Å². The predicted octanol–water partition coefficient (Wildman–Crippen LogP) is 2.68. The highest BCUT2D eigenvalue weighted by molar-refractivity contribution is 6.35. The molecule has 0 unspecified atom stereocenters. The predicted molar refractivity (Wildman–Crippen MR) is 63.5 cm³/mol. The third-order valence-electron chi connectivity index (χ3n) is 2.62. The molecule has 1 aromatic heterocycles. The number of nitrogens with zero attached hydrogens (tertiary/aromatic N) is 1. The first kappa shape index (κ1) is 11.0. The molecule has 0 aliphatic heterocycles. The van der Waals surface area contributed by atoms with Gasteiger partial charge < -0.3 is 11.1 Å². The molecule has 0 saturated heterocycles. The van der Waals surface area contributed by atoms with Crippen LogP contribution in [0.1, 0.15) is 19.3 Å². The Kier molecular flexibility index (Phi) is 3.34. The molecule has 1 aliphatic carbocycles. The number of anilines is 1. The normalized spacial score (nSPS) is 25.5. The zero-order valence-corrected chi connectivity index (χ0v) is 9.72. The fourth-order valence-corrected chi connectivity index (χ4v) is 2.30. The van der Waals surface area contributed by atoms with Gasteiger partial charge in [-0.3, -0.25) is 0 Å². The van der Waals surface area contributed by atoms with Gasteiger partial charge in [-0.1, -0.05) is 23.2 Å². The summed E-state index contributed by atoms with van der Waals surface area (Å²) in [5, 5.41) is 4.39. The maximum absolute atomic E-state index is 6.00. The Morgan fingerprint density at radius 1 is 1.40 bits per heavy atom. The molecule has 0 bridgehead atoms. The third-order valence-corrected chi connectivity index (χ3v) is 3.12. The number of rotatable bonds is 2. The second-order valence-corrected chi connectivity index (χ2v) is 4.74. The van der Waals surface area contributed by atoms with Crippen LogP contribution in [0.5, 0.6) is 0 Å². The van der Waals surface area contributed by atoms with Crippen LogP contribution in [0.25, 0.3) is 0 Å². The molecule has 15 heavy (non-hydrogen) atoms. The molecule has 0 aromatic carbocycles. The van der Waals surface area contributed by atoms with E-state index in [0.717, 1.165) is 19.3 Å². The van der Waals surface area contributed by atoms with Gasteiger partial charge in [0, 0.05) is 18.3 Å². The van der Waals surface area contributed by atoms with E-state index in [1.54, 1.807) is 12.3 Å². The lowest BCUT2D eigenvalue weighted by Gasteiger charge is -2.13. The Labute approximate surface area is 99.0 Å². The Bertz CT molecular complexity index is 357. The molecule has 82 valence electrons.